The Labute approximate surface area is 124 Å². The summed E-state index contributed by atoms with van der Waals surface area (Å²) in [5.74, 6) is 0.516. The number of fused-ring (bicyclic) bond motifs is 1. The fourth-order valence-electron chi connectivity index (χ4n) is 2.09. The Morgan fingerprint density at radius 1 is 1.30 bits per heavy atom. The second-order valence-electron chi connectivity index (χ2n) is 4.44. The summed E-state index contributed by atoms with van der Waals surface area (Å²) in [7, 11) is 1.90. The molecule has 0 amide bonds. The number of halogens is 2. The number of hydrogen-bond donors (Lipinski definition) is 0. The zero-order chi connectivity index (χ0) is 14.1. The molecule has 20 heavy (non-hydrogen) atoms. The van der Waals surface area contributed by atoms with Gasteiger partial charge in [-0.3, -0.25) is 0 Å². The molecule has 0 bridgehead atoms. The molecule has 0 radical (unpaired) electrons. The van der Waals surface area contributed by atoms with Crippen LogP contribution < -0.4 is 4.90 Å². The fraction of sp³-hybridized carbons (Fsp3) is 0.143. The lowest BCUT2D eigenvalue weighted by Gasteiger charge is -2.19. The Kier molecular flexibility index (Phi) is 3.54. The number of anilines is 1. The molecule has 0 spiro atoms. The lowest BCUT2D eigenvalue weighted by molar-refractivity contribution is 0.625. The first kappa shape index (κ1) is 13.3. The van der Waals surface area contributed by atoms with Crippen molar-refractivity contribution in [2.24, 2.45) is 0 Å². The number of benzene rings is 1. The number of nitrogens with zero attached hydrogens (tertiary/aromatic N) is 3. The predicted molar refractivity (Wildman–Crippen MR) is 80.9 cm³/mol. The Hall–Kier alpha value is -1.72. The van der Waals surface area contributed by atoms with Gasteiger partial charge < -0.3 is 4.90 Å². The summed E-state index contributed by atoms with van der Waals surface area (Å²) in [6.07, 6.45) is 0. The normalized spacial score (nSPS) is 10.9. The van der Waals surface area contributed by atoms with Gasteiger partial charge in [0.2, 0.25) is 5.28 Å². The van der Waals surface area contributed by atoms with Gasteiger partial charge in [-0.25, -0.2) is 9.37 Å². The van der Waals surface area contributed by atoms with Crippen molar-refractivity contribution in [3.63, 3.8) is 0 Å². The molecule has 6 heteroatoms. The average Bonchev–Trinajstić information content (AvgIpc) is 2.85. The van der Waals surface area contributed by atoms with E-state index in [1.165, 1.54) is 23.5 Å². The largest absolute Gasteiger partial charge is 0.355 e. The Morgan fingerprint density at radius 3 is 2.95 bits per heavy atom. The lowest BCUT2D eigenvalue weighted by Crippen LogP contribution is -2.18. The molecule has 102 valence electrons. The van der Waals surface area contributed by atoms with Gasteiger partial charge in [-0.2, -0.15) is 4.98 Å². The quantitative estimate of drug-likeness (QED) is 0.682. The van der Waals surface area contributed by atoms with E-state index in [1.807, 2.05) is 29.5 Å². The lowest BCUT2D eigenvalue weighted by atomic mass is 10.2. The molecule has 0 N–H and O–H groups in total. The van der Waals surface area contributed by atoms with Gasteiger partial charge in [0.25, 0.3) is 0 Å². The first-order chi connectivity index (χ1) is 9.63. The molecule has 0 aliphatic heterocycles. The van der Waals surface area contributed by atoms with E-state index >= 15 is 0 Å². The third-order valence-corrected chi connectivity index (χ3v) is 3.92. The number of thiophene rings is 1. The summed E-state index contributed by atoms with van der Waals surface area (Å²) < 4.78 is 13.2. The summed E-state index contributed by atoms with van der Waals surface area (Å²) >= 11 is 7.47. The molecule has 0 atom stereocenters. The van der Waals surface area contributed by atoms with Gasteiger partial charge in [-0.15, -0.1) is 11.3 Å². The third-order valence-electron chi connectivity index (χ3n) is 2.95. The number of aromatic nitrogens is 2. The molecule has 1 aromatic carbocycles. The molecule has 2 heterocycles. The molecular formula is C14H11ClFN3S. The average molecular weight is 308 g/mol. The summed E-state index contributed by atoms with van der Waals surface area (Å²) in [4.78, 5) is 11.3. The maximum atomic E-state index is 13.2. The Bertz CT molecular complexity index is 759. The van der Waals surface area contributed by atoms with Gasteiger partial charge in [0.05, 0.1) is 5.39 Å². The van der Waals surface area contributed by atoms with E-state index in [4.69, 9.17) is 11.6 Å². The molecule has 0 fully saturated rings. The van der Waals surface area contributed by atoms with Crippen molar-refractivity contribution in [3.05, 3.63) is 52.4 Å². The van der Waals surface area contributed by atoms with E-state index < -0.39 is 0 Å². The highest BCUT2D eigenvalue weighted by molar-refractivity contribution is 7.16. The van der Waals surface area contributed by atoms with Crippen LogP contribution in [0.5, 0.6) is 0 Å². The maximum absolute atomic E-state index is 13.2. The topological polar surface area (TPSA) is 29.0 Å². The molecule has 0 aliphatic carbocycles. The number of hydrogen-bond acceptors (Lipinski definition) is 4. The van der Waals surface area contributed by atoms with E-state index in [2.05, 4.69) is 9.97 Å². The zero-order valence-electron chi connectivity index (χ0n) is 10.7. The van der Waals surface area contributed by atoms with Crippen LogP contribution in [0.4, 0.5) is 10.2 Å². The van der Waals surface area contributed by atoms with Crippen LogP contribution in [-0.2, 0) is 6.54 Å². The Balaban J connectivity index is 1.96. The monoisotopic (exact) mass is 307 g/mol. The van der Waals surface area contributed by atoms with Gasteiger partial charge >= 0.3 is 0 Å². The number of rotatable bonds is 3. The second kappa shape index (κ2) is 5.34. The molecule has 3 aromatic rings. The van der Waals surface area contributed by atoms with Gasteiger partial charge in [0.1, 0.15) is 16.5 Å². The molecular weight excluding hydrogens is 297 g/mol. The van der Waals surface area contributed by atoms with E-state index in [-0.39, 0.29) is 11.1 Å². The molecule has 0 saturated carbocycles. The van der Waals surface area contributed by atoms with Gasteiger partial charge in [0, 0.05) is 13.6 Å². The third kappa shape index (κ3) is 2.59. The first-order valence-electron chi connectivity index (χ1n) is 6.00. The molecule has 3 nitrogen and oxygen atoms in total. The summed E-state index contributed by atoms with van der Waals surface area (Å²) in [6.45, 7) is 0.552. The van der Waals surface area contributed by atoms with Crippen molar-refractivity contribution in [3.8, 4) is 0 Å². The fourth-order valence-corrected chi connectivity index (χ4v) is 3.06. The zero-order valence-corrected chi connectivity index (χ0v) is 12.2. The van der Waals surface area contributed by atoms with Crippen LogP contribution in [0.1, 0.15) is 5.56 Å². The van der Waals surface area contributed by atoms with Crippen molar-refractivity contribution in [1.29, 1.82) is 0 Å². The van der Waals surface area contributed by atoms with Crippen molar-refractivity contribution >= 4 is 39.0 Å². The summed E-state index contributed by atoms with van der Waals surface area (Å²) in [5, 5.41) is 3.13. The van der Waals surface area contributed by atoms with Gasteiger partial charge in [-0.1, -0.05) is 12.1 Å². The van der Waals surface area contributed by atoms with E-state index in [1.54, 1.807) is 6.07 Å². The van der Waals surface area contributed by atoms with Crippen LogP contribution in [-0.4, -0.2) is 17.0 Å². The standard InChI is InChI=1S/C14H11ClFN3S/c1-19(8-9-3-2-4-10(16)7-9)12-11-5-6-20-13(11)18-14(15)17-12/h2-7H,8H2,1H3. The maximum Gasteiger partial charge on any atom is 0.225 e. The molecule has 0 aliphatic rings. The van der Waals surface area contributed by atoms with Crippen LogP contribution >= 0.6 is 22.9 Å². The van der Waals surface area contributed by atoms with Crippen molar-refractivity contribution < 1.29 is 4.39 Å². The predicted octanol–water partition coefficient (Wildman–Crippen LogP) is 4.12. The molecule has 0 unspecified atom stereocenters. The Morgan fingerprint density at radius 2 is 2.15 bits per heavy atom. The minimum absolute atomic E-state index is 0.223. The highest BCUT2D eigenvalue weighted by Gasteiger charge is 2.12. The van der Waals surface area contributed by atoms with Gasteiger partial charge in [-0.05, 0) is 40.7 Å². The highest BCUT2D eigenvalue weighted by Crippen LogP contribution is 2.29. The second-order valence-corrected chi connectivity index (χ2v) is 5.67. The SMILES string of the molecule is CN(Cc1cccc(F)c1)c1nc(Cl)nc2sccc12. The van der Waals surface area contributed by atoms with Crippen LogP contribution in [0.2, 0.25) is 5.28 Å². The first-order valence-corrected chi connectivity index (χ1v) is 7.25. The van der Waals surface area contributed by atoms with Crippen LogP contribution in [0.25, 0.3) is 10.2 Å². The van der Waals surface area contributed by atoms with Crippen molar-refractivity contribution in [2.75, 3.05) is 11.9 Å². The van der Waals surface area contributed by atoms with Gasteiger partial charge in [0.15, 0.2) is 0 Å². The van der Waals surface area contributed by atoms with E-state index in [0.29, 0.717) is 6.54 Å². The van der Waals surface area contributed by atoms with Crippen LogP contribution in [0.15, 0.2) is 35.7 Å². The summed E-state index contributed by atoms with van der Waals surface area (Å²) in [5.41, 5.74) is 0.880. The molecule has 3 rings (SSSR count). The van der Waals surface area contributed by atoms with E-state index in [9.17, 15) is 4.39 Å². The van der Waals surface area contributed by atoms with Crippen molar-refractivity contribution in [2.45, 2.75) is 6.54 Å². The van der Waals surface area contributed by atoms with Crippen LogP contribution in [0, 0.1) is 5.82 Å². The molecule has 0 saturated heterocycles. The summed E-state index contributed by atoms with van der Waals surface area (Å²) in [6, 6.07) is 8.50. The van der Waals surface area contributed by atoms with E-state index in [0.717, 1.165) is 21.6 Å². The van der Waals surface area contributed by atoms with Crippen molar-refractivity contribution in [1.82, 2.24) is 9.97 Å². The minimum atomic E-state index is -0.239. The van der Waals surface area contributed by atoms with Crippen LogP contribution in [0.3, 0.4) is 0 Å². The minimum Gasteiger partial charge on any atom is -0.355 e. The molecule has 2 aromatic heterocycles. The smallest absolute Gasteiger partial charge is 0.225 e. The highest BCUT2D eigenvalue weighted by atomic mass is 35.5.